The third-order valence-corrected chi connectivity index (χ3v) is 6.78. The number of halogens is 3. The highest BCUT2D eigenvalue weighted by molar-refractivity contribution is 5.94. The average molecular weight is 478 g/mol. The van der Waals surface area contributed by atoms with Crippen LogP contribution in [-0.2, 0) is 11.0 Å². The Balaban J connectivity index is 1.28. The molecule has 0 aliphatic carbocycles. The van der Waals surface area contributed by atoms with E-state index in [-0.39, 0.29) is 29.3 Å². The lowest BCUT2D eigenvalue weighted by atomic mass is 9.95. The summed E-state index contributed by atoms with van der Waals surface area (Å²) in [5, 5.41) is 3.08. The molecule has 1 atom stereocenters. The zero-order valence-electron chi connectivity index (χ0n) is 19.0. The minimum absolute atomic E-state index is 0.000543. The minimum Gasteiger partial charge on any atom is -0.468 e. The van der Waals surface area contributed by atoms with E-state index < -0.39 is 11.7 Å². The molecule has 2 amide bonds. The summed E-state index contributed by atoms with van der Waals surface area (Å²) in [6.07, 6.45) is 1.75. The van der Waals surface area contributed by atoms with E-state index in [0.29, 0.717) is 32.5 Å². The molecule has 3 heterocycles. The maximum atomic E-state index is 12.9. The van der Waals surface area contributed by atoms with E-state index in [2.05, 4.69) is 10.2 Å². The molecule has 2 aliphatic heterocycles. The van der Waals surface area contributed by atoms with Crippen LogP contribution < -0.4 is 5.32 Å². The van der Waals surface area contributed by atoms with Crippen LogP contribution in [0.1, 0.15) is 59.8 Å². The first-order valence-electron chi connectivity index (χ1n) is 11.8. The molecule has 184 valence electrons. The molecule has 1 unspecified atom stereocenters. The second kappa shape index (κ2) is 10.6. The second-order valence-corrected chi connectivity index (χ2v) is 9.01. The van der Waals surface area contributed by atoms with Gasteiger partial charge < -0.3 is 14.6 Å². The fourth-order valence-electron chi connectivity index (χ4n) is 4.79. The Morgan fingerprint density at radius 2 is 1.68 bits per heavy atom. The van der Waals surface area contributed by atoms with Crippen LogP contribution in [0.5, 0.6) is 0 Å². The van der Waals surface area contributed by atoms with Crippen LogP contribution in [0.2, 0.25) is 0 Å². The highest BCUT2D eigenvalue weighted by Gasteiger charge is 2.32. The number of nitrogens with one attached hydrogen (secondary N) is 1. The summed E-state index contributed by atoms with van der Waals surface area (Å²) in [5.41, 5.74) is -0.560. The Kier molecular flexibility index (Phi) is 7.60. The van der Waals surface area contributed by atoms with Crippen molar-refractivity contribution >= 4 is 11.8 Å². The van der Waals surface area contributed by atoms with Gasteiger partial charge in [0.25, 0.3) is 5.91 Å². The van der Waals surface area contributed by atoms with Crippen LogP contribution in [0.25, 0.3) is 0 Å². The van der Waals surface area contributed by atoms with Crippen molar-refractivity contribution in [1.82, 2.24) is 15.1 Å². The van der Waals surface area contributed by atoms with Gasteiger partial charge in [-0.05, 0) is 75.2 Å². The van der Waals surface area contributed by atoms with E-state index in [1.165, 1.54) is 18.6 Å². The summed E-state index contributed by atoms with van der Waals surface area (Å²) in [6.45, 7) is 3.21. The van der Waals surface area contributed by atoms with Crippen molar-refractivity contribution in [3.63, 3.8) is 0 Å². The third-order valence-electron chi connectivity index (χ3n) is 6.78. The lowest BCUT2D eigenvalue weighted by Crippen LogP contribution is -2.45. The molecule has 6 nitrogen and oxygen atoms in total. The highest BCUT2D eigenvalue weighted by atomic mass is 19.4. The Morgan fingerprint density at radius 3 is 2.26 bits per heavy atom. The van der Waals surface area contributed by atoms with Gasteiger partial charge in [-0.25, -0.2) is 0 Å². The topological polar surface area (TPSA) is 65.8 Å². The number of rotatable bonds is 6. The van der Waals surface area contributed by atoms with E-state index >= 15 is 0 Å². The monoisotopic (exact) mass is 477 g/mol. The molecule has 1 N–H and O–H groups in total. The van der Waals surface area contributed by atoms with Gasteiger partial charge >= 0.3 is 6.18 Å². The van der Waals surface area contributed by atoms with Crippen molar-refractivity contribution in [3.8, 4) is 0 Å². The van der Waals surface area contributed by atoms with Crippen LogP contribution in [0.15, 0.2) is 47.1 Å². The maximum absolute atomic E-state index is 12.9. The standard InChI is InChI=1S/C25H30F3N3O3/c26-25(27,28)20-8-6-19(7-9-20)24(33)31-14-10-18(11-15-31)23(32)29-17-21(22-5-4-16-34-22)30-12-2-1-3-13-30/h4-9,16,18,21H,1-3,10-15,17H2,(H,29,32). The third kappa shape index (κ3) is 5.81. The van der Waals surface area contributed by atoms with Crippen molar-refractivity contribution in [3.05, 3.63) is 59.5 Å². The van der Waals surface area contributed by atoms with E-state index in [1.807, 2.05) is 12.1 Å². The van der Waals surface area contributed by atoms with Gasteiger partial charge in [0.2, 0.25) is 5.91 Å². The zero-order chi connectivity index (χ0) is 24.1. The molecule has 0 spiro atoms. The second-order valence-electron chi connectivity index (χ2n) is 9.01. The molecule has 2 saturated heterocycles. The SMILES string of the molecule is O=C(NCC(c1ccco1)N1CCCCC1)C1CCN(C(=O)c2ccc(C(F)(F)F)cc2)CC1. The van der Waals surface area contributed by atoms with Crippen molar-refractivity contribution < 1.29 is 27.2 Å². The van der Waals surface area contributed by atoms with Crippen LogP contribution in [0, 0.1) is 5.92 Å². The minimum atomic E-state index is -4.43. The first-order valence-corrected chi connectivity index (χ1v) is 11.8. The van der Waals surface area contributed by atoms with Gasteiger partial charge in [0.1, 0.15) is 5.76 Å². The summed E-state index contributed by atoms with van der Waals surface area (Å²) < 4.78 is 43.9. The summed E-state index contributed by atoms with van der Waals surface area (Å²) in [4.78, 5) is 29.5. The van der Waals surface area contributed by atoms with Crippen molar-refractivity contribution in [1.29, 1.82) is 0 Å². The smallest absolute Gasteiger partial charge is 0.416 e. The van der Waals surface area contributed by atoms with Crippen molar-refractivity contribution in [2.24, 2.45) is 5.92 Å². The molecule has 1 aromatic carbocycles. The molecular weight excluding hydrogens is 447 g/mol. The molecule has 2 fully saturated rings. The number of benzene rings is 1. The van der Waals surface area contributed by atoms with E-state index in [9.17, 15) is 22.8 Å². The molecule has 4 rings (SSSR count). The summed E-state index contributed by atoms with van der Waals surface area (Å²) in [5.74, 6) is 0.306. The maximum Gasteiger partial charge on any atom is 0.416 e. The Labute approximate surface area is 197 Å². The fraction of sp³-hybridized carbons (Fsp3) is 0.520. The van der Waals surface area contributed by atoms with Crippen LogP contribution >= 0.6 is 0 Å². The largest absolute Gasteiger partial charge is 0.468 e. The van der Waals surface area contributed by atoms with Gasteiger partial charge in [0.05, 0.1) is 17.9 Å². The first-order chi connectivity index (χ1) is 16.3. The number of carbonyl (C=O) groups is 2. The molecule has 0 radical (unpaired) electrons. The molecule has 2 aromatic rings. The van der Waals surface area contributed by atoms with Gasteiger partial charge in [-0.2, -0.15) is 13.2 Å². The molecule has 34 heavy (non-hydrogen) atoms. The molecule has 9 heteroatoms. The number of nitrogens with zero attached hydrogens (tertiary/aromatic N) is 2. The molecule has 1 aromatic heterocycles. The van der Waals surface area contributed by atoms with Gasteiger partial charge in [0, 0.05) is 31.1 Å². The van der Waals surface area contributed by atoms with Crippen molar-refractivity contribution in [2.45, 2.75) is 44.3 Å². The summed E-state index contributed by atoms with van der Waals surface area (Å²) in [6, 6.07) is 8.06. The predicted molar refractivity (Wildman–Crippen MR) is 120 cm³/mol. The Morgan fingerprint density at radius 1 is 1.00 bits per heavy atom. The van der Waals surface area contributed by atoms with Gasteiger partial charge in [-0.15, -0.1) is 0 Å². The van der Waals surface area contributed by atoms with E-state index in [0.717, 1.165) is 43.8 Å². The van der Waals surface area contributed by atoms with Gasteiger partial charge in [-0.3, -0.25) is 14.5 Å². The first kappa shape index (κ1) is 24.3. The fourth-order valence-corrected chi connectivity index (χ4v) is 4.79. The van der Waals surface area contributed by atoms with Crippen LogP contribution in [0.3, 0.4) is 0 Å². The quantitative estimate of drug-likeness (QED) is 0.666. The number of alkyl halides is 3. The number of amides is 2. The summed E-state index contributed by atoms with van der Waals surface area (Å²) >= 11 is 0. The molecule has 0 saturated carbocycles. The average Bonchev–Trinajstić information content (AvgIpc) is 3.38. The normalized spacial score (nSPS) is 19.1. The highest BCUT2D eigenvalue weighted by Crippen LogP contribution is 2.30. The Hall–Kier alpha value is -2.81. The molecule has 0 bridgehead atoms. The number of furan rings is 1. The lowest BCUT2D eigenvalue weighted by Gasteiger charge is -2.34. The molecule has 2 aliphatic rings. The van der Waals surface area contributed by atoms with Crippen molar-refractivity contribution in [2.75, 3.05) is 32.7 Å². The van der Waals surface area contributed by atoms with Crippen LogP contribution in [-0.4, -0.2) is 54.3 Å². The zero-order valence-corrected chi connectivity index (χ0v) is 19.0. The van der Waals surface area contributed by atoms with Gasteiger partial charge in [0.15, 0.2) is 0 Å². The van der Waals surface area contributed by atoms with Crippen LogP contribution in [0.4, 0.5) is 13.2 Å². The Bertz CT molecular complexity index is 946. The molecular formula is C25H30F3N3O3. The number of carbonyl (C=O) groups excluding carboxylic acids is 2. The lowest BCUT2D eigenvalue weighted by molar-refractivity contribution is -0.137. The number of hydrogen-bond acceptors (Lipinski definition) is 4. The number of hydrogen-bond donors (Lipinski definition) is 1. The van der Waals surface area contributed by atoms with E-state index in [1.54, 1.807) is 11.2 Å². The summed E-state index contributed by atoms with van der Waals surface area (Å²) in [7, 11) is 0. The predicted octanol–water partition coefficient (Wildman–Crippen LogP) is 4.49. The van der Waals surface area contributed by atoms with Gasteiger partial charge in [-0.1, -0.05) is 6.42 Å². The number of likely N-dealkylation sites (tertiary alicyclic amines) is 2. The van der Waals surface area contributed by atoms with E-state index in [4.69, 9.17) is 4.42 Å². The number of piperidine rings is 2.